The molecule has 1 aliphatic heterocycles. The van der Waals surface area contributed by atoms with E-state index < -0.39 is 5.97 Å². The van der Waals surface area contributed by atoms with Crippen LogP contribution in [0.2, 0.25) is 0 Å². The number of aryl methyl sites for hydroxylation is 2. The molecule has 0 amide bonds. The third kappa shape index (κ3) is 3.08. The number of esters is 1. The van der Waals surface area contributed by atoms with Gasteiger partial charge in [0.2, 0.25) is 11.5 Å². The molecule has 0 N–H and O–H groups in total. The van der Waals surface area contributed by atoms with Crippen LogP contribution in [0.1, 0.15) is 38.0 Å². The number of Topliss-reactive ketones (excluding diaryl/α,β-unsaturated/α-hetero) is 1. The minimum atomic E-state index is -0.628. The van der Waals surface area contributed by atoms with E-state index in [1.165, 1.54) is 6.07 Å². The lowest BCUT2D eigenvalue weighted by atomic mass is 10.0. The maximum absolute atomic E-state index is 12.7. The summed E-state index contributed by atoms with van der Waals surface area (Å²) in [4.78, 5) is 25.2. The van der Waals surface area contributed by atoms with Gasteiger partial charge in [-0.3, -0.25) is 4.79 Å². The number of fused-ring (bicyclic) bond motifs is 2. The van der Waals surface area contributed by atoms with Crippen molar-refractivity contribution in [3.63, 3.8) is 0 Å². The molecule has 0 aliphatic carbocycles. The van der Waals surface area contributed by atoms with E-state index in [4.69, 9.17) is 18.3 Å². The van der Waals surface area contributed by atoms with E-state index >= 15 is 0 Å². The zero-order valence-electron chi connectivity index (χ0n) is 16.2. The molecule has 6 heteroatoms. The molecule has 0 fully saturated rings. The maximum Gasteiger partial charge on any atom is 0.379 e. The van der Waals surface area contributed by atoms with Crippen LogP contribution in [0.3, 0.4) is 0 Å². The SMILES string of the molecule is Cc1ccc(/C=C2\Oc3cc(OC(=O)c4cc5ccccc5o4)cc(C)c3C2=O)o1. The van der Waals surface area contributed by atoms with Gasteiger partial charge in [0.15, 0.2) is 5.76 Å². The molecule has 5 rings (SSSR count). The number of hydrogen-bond donors (Lipinski definition) is 0. The second kappa shape index (κ2) is 6.77. The molecule has 6 nitrogen and oxygen atoms in total. The highest BCUT2D eigenvalue weighted by Crippen LogP contribution is 2.38. The van der Waals surface area contributed by atoms with Crippen molar-refractivity contribution in [2.24, 2.45) is 0 Å². The second-order valence-corrected chi connectivity index (χ2v) is 7.04. The van der Waals surface area contributed by atoms with Gasteiger partial charge in [0.25, 0.3) is 0 Å². The van der Waals surface area contributed by atoms with Crippen LogP contribution in [0, 0.1) is 13.8 Å². The molecule has 0 saturated carbocycles. The van der Waals surface area contributed by atoms with E-state index in [2.05, 4.69) is 0 Å². The minimum absolute atomic E-state index is 0.0973. The van der Waals surface area contributed by atoms with E-state index in [0.29, 0.717) is 28.2 Å². The van der Waals surface area contributed by atoms with Crippen molar-refractivity contribution in [1.29, 1.82) is 0 Å². The molecule has 4 aromatic rings. The lowest BCUT2D eigenvalue weighted by molar-refractivity contribution is 0.0703. The van der Waals surface area contributed by atoms with Crippen LogP contribution in [0.5, 0.6) is 11.5 Å². The number of carbonyl (C=O) groups excluding carboxylic acids is 2. The predicted molar refractivity (Wildman–Crippen MR) is 109 cm³/mol. The van der Waals surface area contributed by atoms with Gasteiger partial charge in [-0.05, 0) is 49.7 Å². The number of benzene rings is 2. The van der Waals surface area contributed by atoms with Crippen molar-refractivity contribution in [3.8, 4) is 11.5 Å². The Balaban J connectivity index is 1.42. The summed E-state index contributed by atoms with van der Waals surface area (Å²) in [6.45, 7) is 3.58. The Morgan fingerprint density at radius 1 is 1.00 bits per heavy atom. The van der Waals surface area contributed by atoms with Gasteiger partial charge in [-0.15, -0.1) is 0 Å². The average molecular weight is 400 g/mol. The standard InChI is InChI=1S/C24H16O6/c1-13-9-17(28-24(26)21-10-15-5-3-4-6-18(15)29-21)12-19-22(13)23(25)20(30-19)11-16-8-7-14(2)27-16/h3-12H,1-2H3/b20-11-. The molecular formula is C24H16O6. The normalized spacial score (nSPS) is 14.2. The lowest BCUT2D eigenvalue weighted by Gasteiger charge is -2.06. The highest BCUT2D eigenvalue weighted by atomic mass is 16.5. The highest BCUT2D eigenvalue weighted by molar-refractivity contribution is 6.15. The highest BCUT2D eigenvalue weighted by Gasteiger charge is 2.31. The molecule has 0 spiro atoms. The van der Waals surface area contributed by atoms with Crippen molar-refractivity contribution >= 4 is 28.8 Å². The average Bonchev–Trinajstić information content (AvgIpc) is 3.40. The zero-order chi connectivity index (χ0) is 20.8. The molecule has 2 aromatic heterocycles. The van der Waals surface area contributed by atoms with Gasteiger partial charge in [-0.1, -0.05) is 18.2 Å². The molecular weight excluding hydrogens is 384 g/mol. The van der Waals surface area contributed by atoms with Gasteiger partial charge in [0, 0.05) is 17.5 Å². The lowest BCUT2D eigenvalue weighted by Crippen LogP contribution is -2.07. The van der Waals surface area contributed by atoms with Crippen molar-refractivity contribution in [2.45, 2.75) is 13.8 Å². The Hall–Kier alpha value is -4.06. The fraction of sp³-hybridized carbons (Fsp3) is 0.0833. The number of ether oxygens (including phenoxy) is 2. The largest absolute Gasteiger partial charge is 0.462 e. The Labute approximate surface area is 171 Å². The van der Waals surface area contributed by atoms with Crippen LogP contribution < -0.4 is 9.47 Å². The topological polar surface area (TPSA) is 78.9 Å². The molecule has 148 valence electrons. The maximum atomic E-state index is 12.7. The van der Waals surface area contributed by atoms with Crippen LogP contribution in [-0.2, 0) is 0 Å². The van der Waals surface area contributed by atoms with Crippen molar-refractivity contribution in [1.82, 2.24) is 0 Å². The van der Waals surface area contributed by atoms with Crippen LogP contribution in [-0.4, -0.2) is 11.8 Å². The summed E-state index contributed by atoms with van der Waals surface area (Å²) in [5, 5.41) is 0.812. The van der Waals surface area contributed by atoms with Gasteiger partial charge < -0.3 is 18.3 Å². The van der Waals surface area contributed by atoms with E-state index in [-0.39, 0.29) is 23.1 Å². The first-order valence-corrected chi connectivity index (χ1v) is 9.34. The second-order valence-electron chi connectivity index (χ2n) is 7.04. The Morgan fingerprint density at radius 2 is 1.83 bits per heavy atom. The smallest absolute Gasteiger partial charge is 0.379 e. The number of carbonyl (C=O) groups is 2. The number of para-hydroxylation sites is 1. The fourth-order valence-electron chi connectivity index (χ4n) is 3.44. The van der Waals surface area contributed by atoms with Crippen LogP contribution in [0.4, 0.5) is 0 Å². The Kier molecular flexibility index (Phi) is 4.06. The summed E-state index contributed by atoms with van der Waals surface area (Å²) in [6, 6.07) is 15.7. The van der Waals surface area contributed by atoms with E-state index in [0.717, 1.165) is 11.1 Å². The van der Waals surface area contributed by atoms with Crippen molar-refractivity contribution < 1.29 is 27.9 Å². The summed E-state index contributed by atoms with van der Waals surface area (Å²) >= 11 is 0. The fourth-order valence-corrected chi connectivity index (χ4v) is 3.44. The molecule has 0 saturated heterocycles. The molecule has 0 atom stereocenters. The van der Waals surface area contributed by atoms with Gasteiger partial charge in [-0.2, -0.15) is 0 Å². The number of rotatable bonds is 3. The molecule has 0 radical (unpaired) electrons. The molecule has 1 aliphatic rings. The van der Waals surface area contributed by atoms with Crippen LogP contribution >= 0.6 is 0 Å². The summed E-state index contributed by atoms with van der Waals surface area (Å²) in [7, 11) is 0. The van der Waals surface area contributed by atoms with E-state index in [9.17, 15) is 9.59 Å². The van der Waals surface area contributed by atoms with Crippen LogP contribution in [0.25, 0.3) is 17.0 Å². The number of furan rings is 2. The zero-order valence-corrected chi connectivity index (χ0v) is 16.2. The molecule has 0 unspecified atom stereocenters. The van der Waals surface area contributed by atoms with Crippen molar-refractivity contribution in [3.05, 3.63) is 88.8 Å². The molecule has 2 aromatic carbocycles. The summed E-state index contributed by atoms with van der Waals surface area (Å²) in [6.07, 6.45) is 1.55. The molecule has 3 heterocycles. The monoisotopic (exact) mass is 400 g/mol. The summed E-state index contributed by atoms with van der Waals surface area (Å²) in [5.41, 5.74) is 1.68. The first kappa shape index (κ1) is 18.0. The minimum Gasteiger partial charge on any atom is -0.462 e. The van der Waals surface area contributed by atoms with Crippen LogP contribution in [0.15, 0.2) is 69.2 Å². The van der Waals surface area contributed by atoms with Gasteiger partial charge >= 0.3 is 5.97 Å². The third-order valence-corrected chi connectivity index (χ3v) is 4.82. The quantitative estimate of drug-likeness (QED) is 0.257. The van der Waals surface area contributed by atoms with Gasteiger partial charge in [0.05, 0.1) is 5.56 Å². The summed E-state index contributed by atoms with van der Waals surface area (Å²) < 4.78 is 22.2. The summed E-state index contributed by atoms with van der Waals surface area (Å²) in [5.74, 6) is 1.24. The number of allylic oxidation sites excluding steroid dienone is 1. The molecule has 30 heavy (non-hydrogen) atoms. The van der Waals surface area contributed by atoms with E-state index in [1.807, 2.05) is 25.1 Å². The van der Waals surface area contributed by atoms with Gasteiger partial charge in [-0.25, -0.2) is 4.79 Å². The third-order valence-electron chi connectivity index (χ3n) is 4.82. The first-order valence-electron chi connectivity index (χ1n) is 9.34. The number of hydrogen-bond acceptors (Lipinski definition) is 6. The predicted octanol–water partition coefficient (Wildman–Crippen LogP) is 5.48. The Morgan fingerprint density at radius 3 is 2.60 bits per heavy atom. The number of ketones is 1. The Bertz CT molecular complexity index is 1320. The first-order chi connectivity index (χ1) is 14.5. The van der Waals surface area contributed by atoms with E-state index in [1.54, 1.807) is 43.3 Å². The molecule has 0 bridgehead atoms. The van der Waals surface area contributed by atoms with Gasteiger partial charge in [0.1, 0.15) is 28.6 Å². The van der Waals surface area contributed by atoms with Crippen molar-refractivity contribution in [2.75, 3.05) is 0 Å².